The summed E-state index contributed by atoms with van der Waals surface area (Å²) in [5.41, 5.74) is 12.6. The first-order chi connectivity index (χ1) is 17.9. The summed E-state index contributed by atoms with van der Waals surface area (Å²) < 4.78 is 16.6. The monoisotopic (exact) mass is 523 g/mol. The second-order valence-electron chi connectivity index (χ2n) is 9.01. The van der Waals surface area contributed by atoms with Crippen molar-refractivity contribution in [3.05, 3.63) is 70.9 Å². The molecular formula is C28H34N3O5P. The average Bonchev–Trinajstić information content (AvgIpc) is 2.87. The quantitative estimate of drug-likeness (QED) is 0.133. The van der Waals surface area contributed by atoms with Gasteiger partial charge in [-0.1, -0.05) is 18.2 Å². The molecule has 2 aromatic heterocycles. The van der Waals surface area contributed by atoms with E-state index in [9.17, 15) is 0 Å². The lowest BCUT2D eigenvalue weighted by molar-refractivity contribution is 0.0406. The van der Waals surface area contributed by atoms with E-state index < -0.39 is 8.38 Å². The molecule has 2 heterocycles. The van der Waals surface area contributed by atoms with Gasteiger partial charge in [0.2, 0.25) is 0 Å². The van der Waals surface area contributed by atoms with E-state index in [1.165, 1.54) is 11.1 Å². The van der Waals surface area contributed by atoms with E-state index in [0.717, 1.165) is 51.5 Å². The Balaban J connectivity index is 1.28. The Morgan fingerprint density at radius 3 is 2.43 bits per heavy atom. The lowest BCUT2D eigenvalue weighted by atomic mass is 9.99. The van der Waals surface area contributed by atoms with Crippen LogP contribution in [-0.4, -0.2) is 59.0 Å². The SMILES string of the molecule is Cc1ccc2c(c1)nc(N)c1ncc(CCc3ccc(OCCOCCOCCP(O)O)cc3C)cc12. The molecule has 2 aromatic carbocycles. The molecule has 4 aromatic rings. The van der Waals surface area contributed by atoms with Crippen molar-refractivity contribution in [2.75, 3.05) is 44.9 Å². The van der Waals surface area contributed by atoms with Crippen LogP contribution >= 0.6 is 8.38 Å². The molecule has 37 heavy (non-hydrogen) atoms. The van der Waals surface area contributed by atoms with Gasteiger partial charge in [-0.05, 0) is 73.2 Å². The summed E-state index contributed by atoms with van der Waals surface area (Å²) >= 11 is 0. The van der Waals surface area contributed by atoms with Crippen LogP contribution in [0, 0.1) is 13.8 Å². The van der Waals surface area contributed by atoms with Crippen LogP contribution < -0.4 is 10.5 Å². The van der Waals surface area contributed by atoms with E-state index >= 15 is 0 Å². The number of anilines is 1. The minimum atomic E-state index is -1.89. The minimum absolute atomic E-state index is 0.261. The Bertz CT molecular complexity index is 1350. The van der Waals surface area contributed by atoms with Crippen molar-refractivity contribution < 1.29 is 24.0 Å². The fourth-order valence-corrected chi connectivity index (χ4v) is 4.50. The molecule has 0 aliphatic rings. The third-order valence-corrected chi connectivity index (χ3v) is 6.75. The largest absolute Gasteiger partial charge is 0.491 e. The maximum atomic E-state index is 8.82. The Labute approximate surface area is 218 Å². The van der Waals surface area contributed by atoms with E-state index in [0.29, 0.717) is 38.9 Å². The number of fused-ring (bicyclic) bond motifs is 3. The maximum Gasteiger partial charge on any atom is 0.167 e. The summed E-state index contributed by atoms with van der Waals surface area (Å²) in [6.07, 6.45) is 3.92. The van der Waals surface area contributed by atoms with Gasteiger partial charge in [-0.25, -0.2) is 4.98 Å². The van der Waals surface area contributed by atoms with Gasteiger partial charge < -0.3 is 29.7 Å². The molecule has 0 saturated heterocycles. The van der Waals surface area contributed by atoms with E-state index in [1.54, 1.807) is 0 Å². The smallest absolute Gasteiger partial charge is 0.167 e. The van der Waals surface area contributed by atoms with Crippen LogP contribution in [0.3, 0.4) is 0 Å². The Morgan fingerprint density at radius 2 is 1.65 bits per heavy atom. The van der Waals surface area contributed by atoms with Crippen molar-refractivity contribution in [3.63, 3.8) is 0 Å². The van der Waals surface area contributed by atoms with E-state index in [-0.39, 0.29) is 6.16 Å². The summed E-state index contributed by atoms with van der Waals surface area (Å²) in [6.45, 7) is 6.25. The van der Waals surface area contributed by atoms with Gasteiger partial charge in [-0.15, -0.1) is 0 Å². The van der Waals surface area contributed by atoms with Gasteiger partial charge in [-0.2, -0.15) is 0 Å². The number of rotatable bonds is 13. The zero-order valence-corrected chi connectivity index (χ0v) is 22.2. The van der Waals surface area contributed by atoms with Crippen LogP contribution in [0.2, 0.25) is 0 Å². The summed E-state index contributed by atoms with van der Waals surface area (Å²) in [6, 6.07) is 14.6. The van der Waals surface area contributed by atoms with Gasteiger partial charge >= 0.3 is 0 Å². The Kier molecular flexibility index (Phi) is 9.61. The summed E-state index contributed by atoms with van der Waals surface area (Å²) in [4.78, 5) is 26.8. The molecular weight excluding hydrogens is 489 g/mol. The van der Waals surface area contributed by atoms with Gasteiger partial charge in [0.25, 0.3) is 0 Å². The molecule has 0 bridgehead atoms. The summed E-state index contributed by atoms with van der Waals surface area (Å²) in [5.74, 6) is 1.28. The first-order valence-electron chi connectivity index (χ1n) is 12.4. The lowest BCUT2D eigenvalue weighted by Crippen LogP contribution is -2.12. The summed E-state index contributed by atoms with van der Waals surface area (Å²) in [7, 11) is -1.89. The molecule has 0 unspecified atom stereocenters. The second-order valence-corrected chi connectivity index (χ2v) is 10.2. The number of nitrogens with two attached hydrogens (primary N) is 1. The van der Waals surface area contributed by atoms with Crippen molar-refractivity contribution in [2.24, 2.45) is 0 Å². The topological polar surface area (TPSA) is 120 Å². The van der Waals surface area contributed by atoms with Crippen molar-refractivity contribution >= 4 is 36.0 Å². The molecule has 0 aliphatic carbocycles. The van der Waals surface area contributed by atoms with E-state index in [2.05, 4.69) is 60.2 Å². The molecule has 0 fully saturated rings. The van der Waals surface area contributed by atoms with Crippen molar-refractivity contribution in [1.29, 1.82) is 0 Å². The molecule has 0 spiro atoms. The third-order valence-electron chi connectivity index (χ3n) is 6.17. The second kappa shape index (κ2) is 13.1. The maximum absolute atomic E-state index is 8.82. The number of hydrogen-bond donors (Lipinski definition) is 3. The highest BCUT2D eigenvalue weighted by molar-refractivity contribution is 7.45. The highest BCUT2D eigenvalue weighted by Gasteiger charge is 2.10. The standard InChI is InChI=1S/C28H34N3O5P/c1-19-3-8-24-25-17-21(18-30-27(25)28(29)31-26(24)15-19)4-5-22-6-7-23(16-20(22)2)36-12-11-34-9-10-35-13-14-37(32)33/h3,6-8,15-18,32-33H,4-5,9-14H2,1-2H3,(H2,29,31). The van der Waals surface area contributed by atoms with E-state index in [1.807, 2.05) is 12.3 Å². The fraction of sp³-hybridized carbons (Fsp3) is 0.357. The van der Waals surface area contributed by atoms with Crippen molar-refractivity contribution in [1.82, 2.24) is 9.97 Å². The molecule has 0 saturated carbocycles. The number of nitrogen functional groups attached to an aromatic ring is 1. The zero-order valence-electron chi connectivity index (χ0n) is 21.3. The first kappa shape index (κ1) is 27.2. The van der Waals surface area contributed by atoms with Crippen LogP contribution in [0.5, 0.6) is 5.75 Å². The molecule has 0 atom stereocenters. The van der Waals surface area contributed by atoms with Crippen LogP contribution in [0.15, 0.2) is 48.7 Å². The predicted molar refractivity (Wildman–Crippen MR) is 148 cm³/mol. The fourth-order valence-electron chi connectivity index (χ4n) is 4.20. The van der Waals surface area contributed by atoms with Gasteiger partial charge in [0.1, 0.15) is 17.9 Å². The normalized spacial score (nSPS) is 11.6. The van der Waals surface area contributed by atoms with Gasteiger partial charge in [0.15, 0.2) is 14.2 Å². The number of nitrogens with zero attached hydrogens (tertiary/aromatic N) is 2. The number of benzene rings is 2. The van der Waals surface area contributed by atoms with E-state index in [4.69, 9.17) is 29.7 Å². The number of hydrogen-bond acceptors (Lipinski definition) is 8. The van der Waals surface area contributed by atoms with Gasteiger partial charge in [0, 0.05) is 23.1 Å². The highest BCUT2D eigenvalue weighted by atomic mass is 31.2. The number of pyridine rings is 2. The Hall–Kier alpha value is -2.87. The van der Waals surface area contributed by atoms with Gasteiger partial charge in [0.05, 0.1) is 31.9 Å². The molecule has 0 radical (unpaired) electrons. The molecule has 9 heteroatoms. The van der Waals surface area contributed by atoms with Crippen molar-refractivity contribution in [2.45, 2.75) is 26.7 Å². The predicted octanol–water partition coefficient (Wildman–Crippen LogP) is 4.48. The number of aromatic nitrogens is 2. The minimum Gasteiger partial charge on any atom is -0.491 e. The molecule has 196 valence electrons. The molecule has 0 aliphatic heterocycles. The molecule has 4 rings (SSSR count). The van der Waals surface area contributed by atoms with Crippen LogP contribution in [-0.2, 0) is 22.3 Å². The first-order valence-corrected chi connectivity index (χ1v) is 13.8. The van der Waals surface area contributed by atoms with Crippen LogP contribution in [0.25, 0.3) is 21.8 Å². The van der Waals surface area contributed by atoms with Crippen molar-refractivity contribution in [3.8, 4) is 5.75 Å². The van der Waals surface area contributed by atoms with Crippen LogP contribution in [0.1, 0.15) is 22.3 Å². The molecule has 0 amide bonds. The lowest BCUT2D eigenvalue weighted by Gasteiger charge is -2.12. The summed E-state index contributed by atoms with van der Waals surface area (Å²) in [5, 5.41) is 2.11. The molecule has 8 nitrogen and oxygen atoms in total. The average molecular weight is 524 g/mol. The molecule has 4 N–H and O–H groups in total. The third kappa shape index (κ3) is 7.57. The number of aryl methyl sites for hydroxylation is 4. The number of ether oxygens (including phenoxy) is 3. The van der Waals surface area contributed by atoms with Gasteiger partial charge in [-0.3, -0.25) is 4.98 Å². The Morgan fingerprint density at radius 1 is 0.865 bits per heavy atom. The highest BCUT2D eigenvalue weighted by Crippen LogP contribution is 2.28. The van der Waals surface area contributed by atoms with Crippen LogP contribution in [0.4, 0.5) is 5.82 Å². The zero-order chi connectivity index (χ0) is 26.2.